The first kappa shape index (κ1) is 26.9. The topological polar surface area (TPSA) is 52.6 Å². The van der Waals surface area contributed by atoms with E-state index in [0.29, 0.717) is 12.8 Å². The van der Waals surface area contributed by atoms with Crippen LogP contribution in [0.5, 0.6) is 5.75 Å². The van der Waals surface area contributed by atoms with Gasteiger partial charge in [0.05, 0.1) is 23.7 Å². The van der Waals surface area contributed by atoms with Gasteiger partial charge in [-0.25, -0.2) is 0 Å². The van der Waals surface area contributed by atoms with Crippen LogP contribution in [0.1, 0.15) is 90.7 Å². The van der Waals surface area contributed by atoms with E-state index in [1.54, 1.807) is 0 Å². The summed E-state index contributed by atoms with van der Waals surface area (Å²) in [5.74, 6) is -0.871. The predicted molar refractivity (Wildman–Crippen MR) is 122 cm³/mol. The van der Waals surface area contributed by atoms with Gasteiger partial charge in [0.2, 0.25) is 0 Å². The third-order valence-electron chi connectivity index (χ3n) is 6.06. The van der Waals surface area contributed by atoms with Crippen molar-refractivity contribution in [1.82, 2.24) is 0 Å². The number of alkyl halides is 3. The van der Waals surface area contributed by atoms with Crippen LogP contribution in [0.25, 0.3) is 5.57 Å². The van der Waals surface area contributed by atoms with Crippen LogP contribution in [0, 0.1) is 10.8 Å². The third kappa shape index (κ3) is 6.84. The molecule has 4 nitrogen and oxygen atoms in total. The molecule has 0 saturated carbocycles. The van der Waals surface area contributed by atoms with Gasteiger partial charge in [0, 0.05) is 12.8 Å². The molecule has 0 bridgehead atoms. The normalized spacial score (nSPS) is 16.7. The summed E-state index contributed by atoms with van der Waals surface area (Å²) in [5.41, 5.74) is -1.70. The van der Waals surface area contributed by atoms with E-state index >= 15 is 0 Å². The molecule has 1 aliphatic carbocycles. The largest absolute Gasteiger partial charge is 0.496 e. The van der Waals surface area contributed by atoms with Crippen LogP contribution in [-0.4, -0.2) is 18.9 Å². The number of halogens is 3. The molecule has 0 spiro atoms. The molecule has 0 unspecified atom stereocenters. The lowest BCUT2D eigenvalue weighted by Crippen LogP contribution is -2.31. The average molecular weight is 469 g/mol. The zero-order chi connectivity index (χ0) is 25.0. The molecule has 0 aromatic heterocycles. The van der Waals surface area contributed by atoms with Crippen LogP contribution in [0.2, 0.25) is 0 Å². The number of ether oxygens (including phenoxy) is 2. The molecule has 184 valence electrons. The van der Waals surface area contributed by atoms with Crippen molar-refractivity contribution in [2.75, 3.05) is 7.11 Å². The number of carbonyl (C=O) groups is 2. The van der Waals surface area contributed by atoms with Crippen LogP contribution in [0.3, 0.4) is 0 Å². The summed E-state index contributed by atoms with van der Waals surface area (Å²) in [6.45, 7) is 9.56. The Morgan fingerprint density at radius 1 is 1.09 bits per heavy atom. The molecule has 0 fully saturated rings. The van der Waals surface area contributed by atoms with Gasteiger partial charge in [0.15, 0.2) is 5.78 Å². The summed E-state index contributed by atoms with van der Waals surface area (Å²) in [4.78, 5) is 26.1. The minimum atomic E-state index is -4.59. The summed E-state index contributed by atoms with van der Waals surface area (Å²) in [6.07, 6.45) is 0.699. The molecule has 0 N–H and O–H groups in total. The average Bonchev–Trinajstić information content (AvgIpc) is 2.69. The van der Waals surface area contributed by atoms with Gasteiger partial charge in [0.25, 0.3) is 0 Å². The minimum Gasteiger partial charge on any atom is -0.496 e. The zero-order valence-corrected chi connectivity index (χ0v) is 20.4. The number of ketones is 1. The van der Waals surface area contributed by atoms with Crippen molar-refractivity contribution in [2.45, 2.75) is 85.7 Å². The smallest absolute Gasteiger partial charge is 0.419 e. The van der Waals surface area contributed by atoms with Crippen LogP contribution in [-0.2, 0) is 20.5 Å². The number of hydrogen-bond acceptors (Lipinski definition) is 4. The standard InChI is InChI=1S/C26H35F3O4/c1-7-8-9-10-13-25(4,5)23(31)33-21-16-24(2,3)15-19(30)22(21)17-11-12-18(26(27,28)29)20(14-17)32-6/h11-12,14H,7-10,13,15-16H2,1-6H3. The molecular formula is C26H35F3O4. The maximum atomic E-state index is 13.3. The molecule has 7 heteroatoms. The van der Waals surface area contributed by atoms with Gasteiger partial charge < -0.3 is 9.47 Å². The highest BCUT2D eigenvalue weighted by molar-refractivity contribution is 6.22. The summed E-state index contributed by atoms with van der Waals surface area (Å²) in [5, 5.41) is 0. The van der Waals surface area contributed by atoms with E-state index in [-0.39, 0.29) is 34.8 Å². The van der Waals surface area contributed by atoms with Crippen LogP contribution >= 0.6 is 0 Å². The Hall–Kier alpha value is -2.31. The van der Waals surface area contributed by atoms with Crippen molar-refractivity contribution in [2.24, 2.45) is 10.8 Å². The summed E-state index contributed by atoms with van der Waals surface area (Å²) < 4.78 is 50.6. The summed E-state index contributed by atoms with van der Waals surface area (Å²) in [7, 11) is 1.15. The number of unbranched alkanes of at least 4 members (excludes halogenated alkanes) is 3. The van der Waals surface area contributed by atoms with Crippen LogP contribution < -0.4 is 4.74 Å². The van der Waals surface area contributed by atoms with E-state index in [1.165, 1.54) is 12.1 Å². The first-order valence-electron chi connectivity index (χ1n) is 11.5. The number of esters is 1. The number of hydrogen-bond donors (Lipinski definition) is 0. The number of benzene rings is 1. The first-order valence-corrected chi connectivity index (χ1v) is 11.5. The van der Waals surface area contributed by atoms with Gasteiger partial charge in [-0.05, 0) is 43.4 Å². The van der Waals surface area contributed by atoms with Gasteiger partial charge in [-0.3, -0.25) is 9.59 Å². The third-order valence-corrected chi connectivity index (χ3v) is 6.06. The zero-order valence-electron chi connectivity index (χ0n) is 20.4. The Balaban J connectivity index is 2.45. The van der Waals surface area contributed by atoms with Gasteiger partial charge in [-0.2, -0.15) is 13.2 Å². The number of Topliss-reactive ketones (excluding diaryl/α,β-unsaturated/α-hetero) is 1. The maximum absolute atomic E-state index is 13.3. The summed E-state index contributed by atoms with van der Waals surface area (Å²) in [6, 6.07) is 3.32. The highest BCUT2D eigenvalue weighted by Gasteiger charge is 2.39. The van der Waals surface area contributed by atoms with E-state index in [9.17, 15) is 22.8 Å². The van der Waals surface area contributed by atoms with E-state index in [2.05, 4.69) is 6.92 Å². The number of methoxy groups -OCH3 is 1. The van der Waals surface area contributed by atoms with E-state index in [0.717, 1.165) is 38.9 Å². The number of carbonyl (C=O) groups excluding carboxylic acids is 2. The van der Waals surface area contributed by atoms with Crippen molar-refractivity contribution >= 4 is 17.3 Å². The van der Waals surface area contributed by atoms with Crippen molar-refractivity contribution in [1.29, 1.82) is 0 Å². The highest BCUT2D eigenvalue weighted by atomic mass is 19.4. The second-order valence-electron chi connectivity index (χ2n) is 10.2. The van der Waals surface area contributed by atoms with E-state index < -0.39 is 28.5 Å². The molecule has 0 radical (unpaired) electrons. The Labute approximate surface area is 194 Å². The lowest BCUT2D eigenvalue weighted by molar-refractivity contribution is -0.150. The second-order valence-corrected chi connectivity index (χ2v) is 10.2. The fourth-order valence-electron chi connectivity index (χ4n) is 4.10. The van der Waals surface area contributed by atoms with Gasteiger partial charge >= 0.3 is 12.1 Å². The SMILES string of the molecule is CCCCCCC(C)(C)C(=O)OC1=C(c2ccc(C(F)(F)F)c(OC)c2)C(=O)CC(C)(C)C1. The van der Waals surface area contributed by atoms with Gasteiger partial charge in [-0.15, -0.1) is 0 Å². The van der Waals surface area contributed by atoms with Gasteiger partial charge in [0.1, 0.15) is 11.5 Å². The van der Waals surface area contributed by atoms with E-state index in [4.69, 9.17) is 9.47 Å². The molecule has 0 heterocycles. The Morgan fingerprint density at radius 2 is 1.76 bits per heavy atom. The van der Waals surface area contributed by atoms with Gasteiger partial charge in [-0.1, -0.05) is 52.5 Å². The Morgan fingerprint density at radius 3 is 2.33 bits per heavy atom. The van der Waals surface area contributed by atoms with Crippen molar-refractivity contribution in [3.05, 3.63) is 35.1 Å². The second kappa shape index (κ2) is 10.3. The molecule has 33 heavy (non-hydrogen) atoms. The molecule has 0 amide bonds. The maximum Gasteiger partial charge on any atom is 0.419 e. The van der Waals surface area contributed by atoms with E-state index in [1.807, 2.05) is 27.7 Å². The predicted octanol–water partition coefficient (Wildman–Crippen LogP) is 7.35. The van der Waals surface area contributed by atoms with Crippen LogP contribution in [0.4, 0.5) is 13.2 Å². The first-order chi connectivity index (χ1) is 15.2. The molecule has 0 atom stereocenters. The monoisotopic (exact) mass is 468 g/mol. The highest BCUT2D eigenvalue weighted by Crippen LogP contribution is 2.44. The fraction of sp³-hybridized carbons (Fsp3) is 0.615. The number of rotatable bonds is 9. The Kier molecular flexibility index (Phi) is 8.41. The quantitative estimate of drug-likeness (QED) is 0.281. The van der Waals surface area contributed by atoms with Crippen molar-refractivity contribution in [3.63, 3.8) is 0 Å². The summed E-state index contributed by atoms with van der Waals surface area (Å²) >= 11 is 0. The molecule has 1 aromatic carbocycles. The molecule has 2 rings (SSSR count). The molecule has 1 aromatic rings. The van der Waals surface area contributed by atoms with Crippen molar-refractivity contribution in [3.8, 4) is 5.75 Å². The molecule has 0 saturated heterocycles. The van der Waals surface area contributed by atoms with Crippen molar-refractivity contribution < 1.29 is 32.2 Å². The lowest BCUT2D eigenvalue weighted by Gasteiger charge is -2.33. The van der Waals surface area contributed by atoms with Crippen LogP contribution in [0.15, 0.2) is 24.0 Å². The molecule has 0 aliphatic heterocycles. The molecular weight excluding hydrogens is 433 g/mol. The minimum absolute atomic E-state index is 0.150. The lowest BCUT2D eigenvalue weighted by atomic mass is 9.75. The number of allylic oxidation sites excluding steroid dienone is 2. The fourth-order valence-corrected chi connectivity index (χ4v) is 4.10. The Bertz CT molecular complexity index is 911. The molecule has 1 aliphatic rings.